The molecule has 1 rings (SSSR count). The van der Waals surface area contributed by atoms with Gasteiger partial charge in [-0.1, -0.05) is 13.5 Å². The third-order valence-electron chi connectivity index (χ3n) is 3.22. The van der Waals surface area contributed by atoms with E-state index in [1.807, 2.05) is 32.0 Å². The largest absolute Gasteiger partial charge is 0.496 e. The highest BCUT2D eigenvalue weighted by Crippen LogP contribution is 2.34. The number of benzene rings is 1. The maximum absolute atomic E-state index is 5.94. The van der Waals surface area contributed by atoms with E-state index in [0.717, 1.165) is 34.6 Å². The summed E-state index contributed by atoms with van der Waals surface area (Å²) in [6.07, 6.45) is 1.12. The predicted octanol–water partition coefficient (Wildman–Crippen LogP) is 4.40. The van der Waals surface area contributed by atoms with Crippen molar-refractivity contribution in [3.05, 3.63) is 41.7 Å². The standard InChI is InChI=1S/C17H25NO2/c1-7-12(4)20-13(5)17(11(2)3)15-10-14(18)8-9-16(15)19-6/h8-10,12H,2,7,18H2,1,3-6H3. The van der Waals surface area contributed by atoms with E-state index in [1.165, 1.54) is 0 Å². The molecular weight excluding hydrogens is 250 g/mol. The van der Waals surface area contributed by atoms with E-state index in [-0.39, 0.29) is 6.10 Å². The van der Waals surface area contributed by atoms with E-state index < -0.39 is 0 Å². The van der Waals surface area contributed by atoms with Gasteiger partial charge in [0.2, 0.25) is 0 Å². The first kappa shape index (κ1) is 16.2. The van der Waals surface area contributed by atoms with Crippen LogP contribution in [-0.4, -0.2) is 13.2 Å². The van der Waals surface area contributed by atoms with E-state index in [1.54, 1.807) is 7.11 Å². The van der Waals surface area contributed by atoms with Crippen molar-refractivity contribution in [3.8, 4) is 5.75 Å². The van der Waals surface area contributed by atoms with Crippen LogP contribution in [-0.2, 0) is 4.74 Å². The lowest BCUT2D eigenvalue weighted by Crippen LogP contribution is -2.07. The Kier molecular flexibility index (Phi) is 5.68. The van der Waals surface area contributed by atoms with Crippen LogP contribution in [0.15, 0.2) is 36.1 Å². The molecule has 0 aliphatic carbocycles. The number of allylic oxidation sites excluding steroid dienone is 3. The zero-order valence-corrected chi connectivity index (χ0v) is 13.1. The summed E-state index contributed by atoms with van der Waals surface area (Å²) in [6.45, 7) is 12.1. The zero-order valence-electron chi connectivity index (χ0n) is 13.1. The van der Waals surface area contributed by atoms with Crippen LogP contribution in [0.5, 0.6) is 5.75 Å². The Labute approximate surface area is 122 Å². The lowest BCUT2D eigenvalue weighted by Gasteiger charge is -2.19. The number of rotatable bonds is 6. The topological polar surface area (TPSA) is 44.5 Å². The highest BCUT2D eigenvalue weighted by atomic mass is 16.5. The van der Waals surface area contributed by atoms with Gasteiger partial charge in [0.15, 0.2) is 0 Å². The van der Waals surface area contributed by atoms with Crippen LogP contribution in [0.25, 0.3) is 5.57 Å². The number of ether oxygens (including phenoxy) is 2. The SMILES string of the molecule is C=C(C)C(=C(C)OC(C)CC)c1cc(N)ccc1OC. The van der Waals surface area contributed by atoms with E-state index in [0.29, 0.717) is 5.69 Å². The fourth-order valence-corrected chi connectivity index (χ4v) is 2.09. The first-order valence-corrected chi connectivity index (χ1v) is 6.88. The molecule has 0 bridgehead atoms. The van der Waals surface area contributed by atoms with Crippen LogP contribution < -0.4 is 10.5 Å². The van der Waals surface area contributed by atoms with Gasteiger partial charge < -0.3 is 15.2 Å². The second kappa shape index (κ2) is 7.04. The van der Waals surface area contributed by atoms with Gasteiger partial charge in [0.25, 0.3) is 0 Å². The van der Waals surface area contributed by atoms with Crippen LogP contribution in [0.3, 0.4) is 0 Å². The van der Waals surface area contributed by atoms with Crippen molar-refractivity contribution in [2.45, 2.75) is 40.2 Å². The second-order valence-corrected chi connectivity index (χ2v) is 5.01. The molecule has 1 unspecified atom stereocenters. The van der Waals surface area contributed by atoms with Crippen molar-refractivity contribution >= 4 is 11.3 Å². The molecule has 0 radical (unpaired) electrons. The van der Waals surface area contributed by atoms with Crippen molar-refractivity contribution in [1.29, 1.82) is 0 Å². The van der Waals surface area contributed by atoms with Crippen molar-refractivity contribution in [2.75, 3.05) is 12.8 Å². The van der Waals surface area contributed by atoms with Gasteiger partial charge in [0.05, 0.1) is 13.2 Å². The molecule has 20 heavy (non-hydrogen) atoms. The molecule has 0 aliphatic rings. The Morgan fingerprint density at radius 1 is 1.35 bits per heavy atom. The monoisotopic (exact) mass is 275 g/mol. The Balaban J connectivity index is 3.37. The summed E-state index contributed by atoms with van der Waals surface area (Å²) in [5.41, 5.74) is 9.39. The number of nitrogen functional groups attached to an aromatic ring is 1. The van der Waals surface area contributed by atoms with E-state index in [4.69, 9.17) is 15.2 Å². The molecule has 0 fully saturated rings. The molecule has 0 amide bonds. The Morgan fingerprint density at radius 3 is 2.50 bits per heavy atom. The maximum Gasteiger partial charge on any atom is 0.126 e. The second-order valence-electron chi connectivity index (χ2n) is 5.01. The molecule has 110 valence electrons. The molecule has 0 saturated carbocycles. The van der Waals surface area contributed by atoms with Gasteiger partial charge in [-0.15, -0.1) is 0 Å². The summed E-state index contributed by atoms with van der Waals surface area (Å²) in [6, 6.07) is 5.58. The molecule has 1 atom stereocenters. The summed E-state index contributed by atoms with van der Waals surface area (Å²) < 4.78 is 11.4. The number of hydrogen-bond donors (Lipinski definition) is 1. The van der Waals surface area contributed by atoms with Crippen molar-refractivity contribution < 1.29 is 9.47 Å². The van der Waals surface area contributed by atoms with Crippen LogP contribution in [0.2, 0.25) is 0 Å². The highest BCUT2D eigenvalue weighted by Gasteiger charge is 2.15. The lowest BCUT2D eigenvalue weighted by atomic mass is 9.97. The smallest absolute Gasteiger partial charge is 0.126 e. The minimum Gasteiger partial charge on any atom is -0.496 e. The molecule has 0 aliphatic heterocycles. The van der Waals surface area contributed by atoms with Crippen molar-refractivity contribution in [1.82, 2.24) is 0 Å². The van der Waals surface area contributed by atoms with Gasteiger partial charge >= 0.3 is 0 Å². The predicted molar refractivity (Wildman–Crippen MR) is 85.7 cm³/mol. The van der Waals surface area contributed by atoms with Crippen molar-refractivity contribution in [2.24, 2.45) is 0 Å². The average molecular weight is 275 g/mol. The van der Waals surface area contributed by atoms with Crippen LogP contribution in [0.1, 0.15) is 39.7 Å². The summed E-state index contributed by atoms with van der Waals surface area (Å²) in [7, 11) is 1.65. The fourth-order valence-electron chi connectivity index (χ4n) is 2.09. The Hall–Kier alpha value is -1.90. The van der Waals surface area contributed by atoms with Gasteiger partial charge in [-0.05, 0) is 51.0 Å². The molecule has 0 heterocycles. The molecule has 2 N–H and O–H groups in total. The van der Waals surface area contributed by atoms with Gasteiger partial charge in [-0.2, -0.15) is 0 Å². The average Bonchev–Trinajstić information content (AvgIpc) is 2.38. The van der Waals surface area contributed by atoms with Gasteiger partial charge in [-0.25, -0.2) is 0 Å². The van der Waals surface area contributed by atoms with Gasteiger partial charge in [0, 0.05) is 16.8 Å². The summed E-state index contributed by atoms with van der Waals surface area (Å²) in [4.78, 5) is 0. The Morgan fingerprint density at radius 2 is 2.00 bits per heavy atom. The molecule has 1 aromatic rings. The third kappa shape index (κ3) is 3.80. The summed E-state index contributed by atoms with van der Waals surface area (Å²) in [5, 5.41) is 0. The fraction of sp³-hybridized carbons (Fsp3) is 0.412. The number of hydrogen-bond acceptors (Lipinski definition) is 3. The number of methoxy groups -OCH3 is 1. The van der Waals surface area contributed by atoms with Crippen LogP contribution >= 0.6 is 0 Å². The first-order chi connectivity index (χ1) is 9.40. The normalized spacial score (nSPS) is 13.4. The number of anilines is 1. The molecule has 1 aromatic carbocycles. The molecule has 3 nitrogen and oxygen atoms in total. The molecule has 0 saturated heterocycles. The zero-order chi connectivity index (χ0) is 15.3. The quantitative estimate of drug-likeness (QED) is 0.475. The van der Waals surface area contributed by atoms with Crippen molar-refractivity contribution in [3.63, 3.8) is 0 Å². The van der Waals surface area contributed by atoms with E-state index in [2.05, 4.69) is 20.4 Å². The lowest BCUT2D eigenvalue weighted by molar-refractivity contribution is 0.131. The van der Waals surface area contributed by atoms with Gasteiger partial charge in [-0.3, -0.25) is 0 Å². The minimum absolute atomic E-state index is 0.163. The van der Waals surface area contributed by atoms with E-state index >= 15 is 0 Å². The minimum atomic E-state index is 0.163. The highest BCUT2D eigenvalue weighted by molar-refractivity contribution is 5.83. The molecule has 0 aromatic heterocycles. The maximum atomic E-state index is 5.94. The molecule has 3 heteroatoms. The Bertz CT molecular complexity index is 518. The van der Waals surface area contributed by atoms with E-state index in [9.17, 15) is 0 Å². The molecular formula is C17H25NO2. The number of nitrogens with two attached hydrogens (primary N) is 1. The third-order valence-corrected chi connectivity index (χ3v) is 3.22. The van der Waals surface area contributed by atoms with Crippen LogP contribution in [0, 0.1) is 0 Å². The summed E-state index contributed by atoms with van der Waals surface area (Å²) in [5.74, 6) is 1.61. The molecule has 0 spiro atoms. The van der Waals surface area contributed by atoms with Crippen LogP contribution in [0.4, 0.5) is 5.69 Å². The summed E-state index contributed by atoms with van der Waals surface area (Å²) >= 11 is 0. The van der Waals surface area contributed by atoms with Gasteiger partial charge in [0.1, 0.15) is 11.5 Å². The first-order valence-electron chi connectivity index (χ1n) is 6.88.